The fourth-order valence-corrected chi connectivity index (χ4v) is 3.70. The van der Waals surface area contributed by atoms with Gasteiger partial charge in [-0.05, 0) is 50.4 Å². The van der Waals surface area contributed by atoms with Crippen LogP contribution in [0.2, 0.25) is 0 Å². The maximum Gasteiger partial charge on any atom is 0.192 e. The first-order valence-corrected chi connectivity index (χ1v) is 11.3. The minimum Gasteiger partial charge on any atom is -0.497 e. The standard InChI is InChI=1S/C23H37N7O.HI/c1-5-6-13-30-14-11-20(12-15-30)26-23(25-17-22-28-27-18(2)29(22)3)24-16-19-7-9-21(31-4)10-8-19;/h7-10,20H,5-6,11-17H2,1-4H3,(H2,24,25,26);1H. The number of likely N-dealkylation sites (tertiary alicyclic amines) is 1. The Morgan fingerprint density at radius 1 is 1.19 bits per heavy atom. The van der Waals surface area contributed by atoms with E-state index in [4.69, 9.17) is 9.73 Å². The van der Waals surface area contributed by atoms with E-state index in [1.807, 2.05) is 30.7 Å². The molecule has 8 nitrogen and oxygen atoms in total. The molecule has 0 bridgehead atoms. The van der Waals surface area contributed by atoms with Crippen LogP contribution in [0.25, 0.3) is 0 Å². The third-order valence-corrected chi connectivity index (χ3v) is 5.93. The molecule has 0 atom stereocenters. The molecule has 1 aliphatic heterocycles. The summed E-state index contributed by atoms with van der Waals surface area (Å²) in [6.07, 6.45) is 4.81. The zero-order chi connectivity index (χ0) is 22.1. The zero-order valence-electron chi connectivity index (χ0n) is 19.8. The number of ether oxygens (including phenoxy) is 1. The topological polar surface area (TPSA) is 79.6 Å². The predicted molar refractivity (Wildman–Crippen MR) is 140 cm³/mol. The Bertz CT molecular complexity index is 829. The van der Waals surface area contributed by atoms with E-state index in [9.17, 15) is 0 Å². The van der Waals surface area contributed by atoms with Crippen LogP contribution in [0.3, 0.4) is 0 Å². The van der Waals surface area contributed by atoms with Crippen LogP contribution in [0.5, 0.6) is 5.75 Å². The van der Waals surface area contributed by atoms with Gasteiger partial charge in [0.2, 0.25) is 0 Å². The second kappa shape index (κ2) is 13.6. The lowest BCUT2D eigenvalue weighted by Crippen LogP contribution is -2.48. The molecule has 3 rings (SSSR count). The third-order valence-electron chi connectivity index (χ3n) is 5.93. The molecule has 0 spiro atoms. The van der Waals surface area contributed by atoms with E-state index in [1.165, 1.54) is 19.4 Å². The van der Waals surface area contributed by atoms with Crippen molar-refractivity contribution in [1.82, 2.24) is 30.3 Å². The Balaban J connectivity index is 0.00000363. The van der Waals surface area contributed by atoms with Gasteiger partial charge in [-0.2, -0.15) is 0 Å². The van der Waals surface area contributed by atoms with E-state index >= 15 is 0 Å². The number of halogens is 1. The summed E-state index contributed by atoms with van der Waals surface area (Å²) in [6.45, 7) is 8.90. The predicted octanol–water partition coefficient (Wildman–Crippen LogP) is 3.25. The van der Waals surface area contributed by atoms with Gasteiger partial charge in [-0.1, -0.05) is 25.5 Å². The third kappa shape index (κ3) is 7.91. The van der Waals surface area contributed by atoms with Crippen molar-refractivity contribution in [2.75, 3.05) is 26.7 Å². The number of methoxy groups -OCH3 is 1. The van der Waals surface area contributed by atoms with Crippen molar-refractivity contribution < 1.29 is 4.74 Å². The summed E-state index contributed by atoms with van der Waals surface area (Å²) >= 11 is 0. The Kier molecular flexibility index (Phi) is 11.2. The summed E-state index contributed by atoms with van der Waals surface area (Å²) in [7, 11) is 3.67. The average molecular weight is 556 g/mol. The summed E-state index contributed by atoms with van der Waals surface area (Å²) in [6, 6.07) is 8.48. The summed E-state index contributed by atoms with van der Waals surface area (Å²) in [4.78, 5) is 7.42. The van der Waals surface area contributed by atoms with E-state index < -0.39 is 0 Å². The normalized spacial score (nSPS) is 15.3. The average Bonchev–Trinajstić information content (AvgIpc) is 3.13. The SMILES string of the molecule is CCCCN1CCC(NC(=NCc2ccc(OC)cc2)NCc2nnc(C)n2C)CC1.I. The van der Waals surface area contributed by atoms with E-state index in [0.29, 0.717) is 19.1 Å². The second-order valence-electron chi connectivity index (χ2n) is 8.20. The van der Waals surface area contributed by atoms with Gasteiger partial charge in [-0.15, -0.1) is 34.2 Å². The van der Waals surface area contributed by atoms with Gasteiger partial charge in [0, 0.05) is 26.2 Å². The summed E-state index contributed by atoms with van der Waals surface area (Å²) in [5, 5.41) is 15.5. The maximum atomic E-state index is 5.25. The number of piperidine rings is 1. The van der Waals surface area contributed by atoms with Gasteiger partial charge in [-0.3, -0.25) is 0 Å². The molecule has 0 saturated carbocycles. The van der Waals surface area contributed by atoms with Crippen LogP contribution in [0.4, 0.5) is 0 Å². The minimum atomic E-state index is 0. The molecule has 0 aliphatic carbocycles. The smallest absolute Gasteiger partial charge is 0.192 e. The largest absolute Gasteiger partial charge is 0.497 e. The van der Waals surface area contributed by atoms with Crippen molar-refractivity contribution in [2.24, 2.45) is 12.0 Å². The van der Waals surface area contributed by atoms with E-state index in [2.05, 4.69) is 44.8 Å². The number of nitrogens with one attached hydrogen (secondary N) is 2. The molecule has 2 N–H and O–H groups in total. The molecule has 0 amide bonds. The molecule has 1 aromatic carbocycles. The highest BCUT2D eigenvalue weighted by molar-refractivity contribution is 14.0. The number of nitrogens with zero attached hydrogens (tertiary/aromatic N) is 5. The number of hydrogen-bond acceptors (Lipinski definition) is 5. The van der Waals surface area contributed by atoms with Crippen LogP contribution in [0, 0.1) is 6.92 Å². The fourth-order valence-electron chi connectivity index (χ4n) is 3.70. The van der Waals surface area contributed by atoms with Crippen molar-refractivity contribution >= 4 is 29.9 Å². The van der Waals surface area contributed by atoms with Crippen LogP contribution in [-0.2, 0) is 20.1 Å². The van der Waals surface area contributed by atoms with Crippen molar-refractivity contribution in [1.29, 1.82) is 0 Å². The highest BCUT2D eigenvalue weighted by Crippen LogP contribution is 2.13. The number of aromatic nitrogens is 3. The molecule has 1 aromatic heterocycles. The van der Waals surface area contributed by atoms with Gasteiger partial charge in [0.05, 0.1) is 20.2 Å². The number of hydrogen-bond donors (Lipinski definition) is 2. The lowest BCUT2D eigenvalue weighted by atomic mass is 10.0. The zero-order valence-corrected chi connectivity index (χ0v) is 22.1. The van der Waals surface area contributed by atoms with Gasteiger partial charge in [0.15, 0.2) is 11.8 Å². The number of aliphatic imine (C=N–C) groups is 1. The molecular weight excluding hydrogens is 517 g/mol. The molecule has 0 unspecified atom stereocenters. The maximum absolute atomic E-state index is 5.25. The Morgan fingerprint density at radius 2 is 1.91 bits per heavy atom. The molecule has 1 aliphatic rings. The molecule has 0 radical (unpaired) electrons. The molecule has 9 heteroatoms. The van der Waals surface area contributed by atoms with Crippen molar-refractivity contribution in [2.45, 2.75) is 58.7 Å². The van der Waals surface area contributed by atoms with E-state index in [1.54, 1.807) is 7.11 Å². The molecule has 2 aromatic rings. The van der Waals surface area contributed by atoms with Crippen LogP contribution in [-0.4, -0.2) is 58.4 Å². The van der Waals surface area contributed by atoms with E-state index in [-0.39, 0.29) is 24.0 Å². The molecule has 2 heterocycles. The van der Waals surface area contributed by atoms with Crippen molar-refractivity contribution in [3.63, 3.8) is 0 Å². The van der Waals surface area contributed by atoms with Gasteiger partial charge < -0.3 is 24.8 Å². The fraction of sp³-hybridized carbons (Fsp3) is 0.609. The van der Waals surface area contributed by atoms with Crippen LogP contribution in [0.15, 0.2) is 29.3 Å². The summed E-state index contributed by atoms with van der Waals surface area (Å²) in [5.41, 5.74) is 1.14. The number of unbranched alkanes of at least 4 members (excludes halogenated alkanes) is 1. The molecular formula is C23H38IN7O. The Morgan fingerprint density at radius 3 is 2.50 bits per heavy atom. The van der Waals surface area contributed by atoms with Crippen LogP contribution >= 0.6 is 24.0 Å². The highest BCUT2D eigenvalue weighted by Gasteiger charge is 2.20. The molecule has 32 heavy (non-hydrogen) atoms. The van der Waals surface area contributed by atoms with Crippen molar-refractivity contribution in [3.05, 3.63) is 41.5 Å². The lowest BCUT2D eigenvalue weighted by Gasteiger charge is -2.33. The number of aryl methyl sites for hydroxylation is 1. The van der Waals surface area contributed by atoms with Gasteiger partial charge in [-0.25, -0.2) is 4.99 Å². The van der Waals surface area contributed by atoms with Crippen LogP contribution < -0.4 is 15.4 Å². The Labute approximate surface area is 209 Å². The van der Waals surface area contributed by atoms with Gasteiger partial charge in [0.1, 0.15) is 11.6 Å². The number of guanidine groups is 1. The monoisotopic (exact) mass is 555 g/mol. The molecule has 1 saturated heterocycles. The van der Waals surface area contributed by atoms with Gasteiger partial charge >= 0.3 is 0 Å². The number of benzene rings is 1. The first-order chi connectivity index (χ1) is 15.1. The summed E-state index contributed by atoms with van der Waals surface area (Å²) in [5.74, 6) is 3.48. The van der Waals surface area contributed by atoms with Crippen molar-refractivity contribution in [3.8, 4) is 5.75 Å². The van der Waals surface area contributed by atoms with E-state index in [0.717, 1.165) is 54.9 Å². The van der Waals surface area contributed by atoms with Gasteiger partial charge in [0.25, 0.3) is 0 Å². The highest BCUT2D eigenvalue weighted by atomic mass is 127. The molecule has 178 valence electrons. The summed E-state index contributed by atoms with van der Waals surface area (Å²) < 4.78 is 7.25. The minimum absolute atomic E-state index is 0. The Hall–Kier alpha value is -1.88. The first-order valence-electron chi connectivity index (χ1n) is 11.3. The first kappa shape index (κ1) is 26.4. The number of rotatable bonds is 9. The molecule has 1 fully saturated rings. The second-order valence-corrected chi connectivity index (χ2v) is 8.20. The lowest BCUT2D eigenvalue weighted by molar-refractivity contribution is 0.203. The van der Waals surface area contributed by atoms with Crippen LogP contribution in [0.1, 0.15) is 49.8 Å². The quantitative estimate of drug-likeness (QED) is 0.281.